The van der Waals surface area contributed by atoms with Crippen molar-refractivity contribution in [2.45, 2.75) is 6.61 Å². The maximum atomic E-state index is 5.31. The van der Waals surface area contributed by atoms with Crippen molar-refractivity contribution in [2.24, 2.45) is 0 Å². The first kappa shape index (κ1) is 14.5. The van der Waals surface area contributed by atoms with Crippen molar-refractivity contribution >= 4 is 23.1 Å². The molecule has 74 valence electrons. The summed E-state index contributed by atoms with van der Waals surface area (Å²) < 4.78 is 0. The third-order valence-corrected chi connectivity index (χ3v) is 1.64. The van der Waals surface area contributed by atoms with Crippen LogP contribution in [0.2, 0.25) is 0 Å². The first-order chi connectivity index (χ1) is 6.45. The van der Waals surface area contributed by atoms with Crippen molar-refractivity contribution in [3.05, 3.63) is 54.4 Å². The van der Waals surface area contributed by atoms with E-state index in [0.717, 1.165) is 5.56 Å². The van der Waals surface area contributed by atoms with Crippen LogP contribution in [0, 0.1) is 6.07 Å². The van der Waals surface area contributed by atoms with Gasteiger partial charge in [-0.25, -0.2) is 0 Å². The molecule has 0 aliphatic rings. The van der Waals surface area contributed by atoms with Crippen LogP contribution < -0.4 is 21.8 Å². The van der Waals surface area contributed by atoms with Crippen molar-refractivity contribution in [1.82, 2.24) is 9.94 Å². The van der Waals surface area contributed by atoms with E-state index in [4.69, 9.17) is 4.84 Å². The van der Waals surface area contributed by atoms with Crippen molar-refractivity contribution in [3.8, 4) is 0 Å². The molecule has 15 heavy (non-hydrogen) atoms. The average molecular weight is 277 g/mol. The normalized spacial score (nSPS) is 8.53. The summed E-state index contributed by atoms with van der Waals surface area (Å²) in [7, 11) is 0. The van der Waals surface area contributed by atoms with Crippen LogP contribution in [-0.4, -0.2) is 33.0 Å². The summed E-state index contributed by atoms with van der Waals surface area (Å²) in [6.07, 6.45) is 3.20. The van der Waals surface area contributed by atoms with Gasteiger partial charge < -0.3 is 27.9 Å². The summed E-state index contributed by atoms with van der Waals surface area (Å²) in [5, 5.41) is 3.87. The molecule has 0 unspecified atom stereocenters. The SMILES string of the molecule is [Br-].[Mg+2].[c-]1cnn(OCc2ccccc2)c1. The zero-order chi connectivity index (χ0) is 8.93. The van der Waals surface area contributed by atoms with Gasteiger partial charge in [0.25, 0.3) is 0 Å². The van der Waals surface area contributed by atoms with Crippen LogP contribution in [-0.2, 0) is 6.61 Å². The van der Waals surface area contributed by atoms with Crippen molar-refractivity contribution in [2.75, 3.05) is 0 Å². The molecule has 1 aromatic carbocycles. The smallest absolute Gasteiger partial charge is 1.00 e. The molecule has 0 amide bonds. The van der Waals surface area contributed by atoms with E-state index in [1.54, 1.807) is 12.4 Å². The second kappa shape index (κ2) is 7.73. The van der Waals surface area contributed by atoms with Crippen molar-refractivity contribution < 1.29 is 21.8 Å². The van der Waals surface area contributed by atoms with Gasteiger partial charge in [0, 0.05) is 0 Å². The molecule has 0 saturated heterocycles. The summed E-state index contributed by atoms with van der Waals surface area (Å²) in [4.78, 5) is 6.70. The summed E-state index contributed by atoms with van der Waals surface area (Å²) >= 11 is 0. The van der Waals surface area contributed by atoms with E-state index in [1.165, 1.54) is 4.85 Å². The standard InChI is InChI=1S/C10H9N2O.BrH.Mg/c1-2-5-10(6-3-1)9-13-12-8-4-7-11-12;;/h1-3,5-8H,9H2;1H;/q-1;;+2/p-1. The van der Waals surface area contributed by atoms with Crippen LogP contribution in [0.15, 0.2) is 42.7 Å². The second-order valence-corrected chi connectivity index (χ2v) is 2.60. The van der Waals surface area contributed by atoms with Gasteiger partial charge in [-0.15, -0.1) is 17.2 Å². The van der Waals surface area contributed by atoms with Crippen LogP contribution in [0.3, 0.4) is 0 Å². The molecule has 0 fully saturated rings. The van der Waals surface area contributed by atoms with E-state index >= 15 is 0 Å². The topological polar surface area (TPSA) is 27.1 Å². The Morgan fingerprint density at radius 3 is 2.60 bits per heavy atom. The van der Waals surface area contributed by atoms with Gasteiger partial charge in [0.05, 0.1) is 0 Å². The molecule has 0 spiro atoms. The molecule has 1 heterocycles. The molecular weight excluding hydrogens is 268 g/mol. The van der Waals surface area contributed by atoms with E-state index in [-0.39, 0.29) is 40.0 Å². The summed E-state index contributed by atoms with van der Waals surface area (Å²) in [5.74, 6) is 0. The van der Waals surface area contributed by atoms with E-state index in [2.05, 4.69) is 11.2 Å². The molecule has 0 radical (unpaired) electrons. The molecule has 0 atom stereocenters. The average Bonchev–Trinajstić information content (AvgIpc) is 2.69. The van der Waals surface area contributed by atoms with Crippen LogP contribution in [0.4, 0.5) is 0 Å². The Morgan fingerprint density at radius 2 is 2.00 bits per heavy atom. The Balaban J connectivity index is 0.000000980. The monoisotopic (exact) mass is 276 g/mol. The minimum atomic E-state index is 0. The molecule has 2 aromatic rings. The minimum Gasteiger partial charge on any atom is -1.00 e. The number of halogens is 1. The number of hydrogen-bond acceptors (Lipinski definition) is 2. The quantitative estimate of drug-likeness (QED) is 0.476. The summed E-state index contributed by atoms with van der Waals surface area (Å²) in [5.41, 5.74) is 1.12. The predicted molar refractivity (Wildman–Crippen MR) is 53.5 cm³/mol. The fraction of sp³-hybridized carbons (Fsp3) is 0.100. The fourth-order valence-corrected chi connectivity index (χ4v) is 1.01. The van der Waals surface area contributed by atoms with Crippen LogP contribution in [0.25, 0.3) is 0 Å². The van der Waals surface area contributed by atoms with E-state index in [9.17, 15) is 0 Å². The van der Waals surface area contributed by atoms with Gasteiger partial charge >= 0.3 is 23.1 Å². The number of benzene rings is 1. The predicted octanol–water partition coefficient (Wildman–Crippen LogP) is -2.06. The number of rotatable bonds is 3. The zero-order valence-electron chi connectivity index (χ0n) is 8.14. The molecule has 0 aliphatic heterocycles. The first-order valence-corrected chi connectivity index (χ1v) is 4.03. The molecule has 0 N–H and O–H groups in total. The minimum absolute atomic E-state index is 0. The molecule has 0 aliphatic carbocycles. The number of hydrogen-bond donors (Lipinski definition) is 0. The molecule has 5 heteroatoms. The van der Waals surface area contributed by atoms with Crippen LogP contribution in [0.5, 0.6) is 0 Å². The maximum Gasteiger partial charge on any atom is 2.00 e. The third-order valence-electron chi connectivity index (χ3n) is 1.64. The summed E-state index contributed by atoms with van der Waals surface area (Å²) in [6.45, 7) is 0.524. The maximum absolute atomic E-state index is 5.31. The summed E-state index contributed by atoms with van der Waals surface area (Å²) in [6, 6.07) is 12.7. The van der Waals surface area contributed by atoms with E-state index < -0.39 is 0 Å². The van der Waals surface area contributed by atoms with E-state index in [0.29, 0.717) is 6.61 Å². The Hall–Kier alpha value is -0.524. The molecule has 1 aromatic heterocycles. The van der Waals surface area contributed by atoms with Crippen LogP contribution >= 0.6 is 0 Å². The third kappa shape index (κ3) is 4.68. The molecule has 0 bridgehead atoms. The molecule has 2 rings (SSSR count). The zero-order valence-corrected chi connectivity index (χ0v) is 11.1. The second-order valence-electron chi connectivity index (χ2n) is 2.60. The van der Waals surface area contributed by atoms with Gasteiger partial charge in [0.2, 0.25) is 0 Å². The Kier molecular flexibility index (Phi) is 7.46. The fourth-order valence-electron chi connectivity index (χ4n) is 1.01. The largest absolute Gasteiger partial charge is 2.00 e. The van der Waals surface area contributed by atoms with Gasteiger partial charge in [-0.05, 0) is 5.56 Å². The first-order valence-electron chi connectivity index (χ1n) is 4.03. The number of nitrogens with zero attached hydrogens (tertiary/aromatic N) is 2. The van der Waals surface area contributed by atoms with Gasteiger partial charge in [-0.2, -0.15) is 5.10 Å². The van der Waals surface area contributed by atoms with Crippen molar-refractivity contribution in [3.63, 3.8) is 0 Å². The van der Waals surface area contributed by atoms with Gasteiger partial charge in [0.15, 0.2) is 0 Å². The van der Waals surface area contributed by atoms with Crippen LogP contribution in [0.1, 0.15) is 5.56 Å². The molecule has 0 saturated carbocycles. The van der Waals surface area contributed by atoms with Gasteiger partial charge in [0.1, 0.15) is 6.61 Å². The van der Waals surface area contributed by atoms with Crippen molar-refractivity contribution in [1.29, 1.82) is 0 Å². The Bertz CT molecular complexity index is 353. The Morgan fingerprint density at radius 1 is 1.27 bits per heavy atom. The van der Waals surface area contributed by atoms with E-state index in [1.807, 2.05) is 30.3 Å². The molecular formula is C10H9BrMgN2O. The molecule has 3 nitrogen and oxygen atoms in total. The number of aromatic nitrogens is 2. The van der Waals surface area contributed by atoms with Gasteiger partial charge in [-0.3, -0.25) is 0 Å². The van der Waals surface area contributed by atoms with Gasteiger partial charge in [-0.1, -0.05) is 30.3 Å². The Labute approximate surface area is 115 Å².